The lowest BCUT2D eigenvalue weighted by molar-refractivity contribution is -0.137. The second-order valence-electron chi connectivity index (χ2n) is 5.51. The predicted molar refractivity (Wildman–Crippen MR) is 98.6 cm³/mol. The summed E-state index contributed by atoms with van der Waals surface area (Å²) in [6, 6.07) is 5.86. The number of alkyl halides is 3. The Morgan fingerprint density at radius 3 is 2.64 bits per heavy atom. The van der Waals surface area contributed by atoms with Crippen molar-refractivity contribution < 1.29 is 26.4 Å². The molecule has 0 bridgehead atoms. The zero-order valence-electron chi connectivity index (χ0n) is 14.3. The van der Waals surface area contributed by atoms with Crippen LogP contribution >= 0.6 is 11.6 Å². The molecule has 0 aliphatic rings. The molecule has 28 heavy (non-hydrogen) atoms. The molecule has 0 saturated carbocycles. The average Bonchev–Trinajstić information content (AvgIpc) is 2.59. The summed E-state index contributed by atoms with van der Waals surface area (Å²) in [4.78, 5) is 15.9. The molecule has 0 fully saturated rings. The first kappa shape index (κ1) is 21.6. The third-order valence-electron chi connectivity index (χ3n) is 3.32. The van der Waals surface area contributed by atoms with Crippen molar-refractivity contribution in [2.75, 3.05) is 17.1 Å². The lowest BCUT2D eigenvalue weighted by Gasteiger charge is -2.22. The number of carbonyl (C=O) groups is 1. The van der Waals surface area contributed by atoms with Crippen molar-refractivity contribution in [2.24, 2.45) is 5.10 Å². The molecular weight excluding hydrogens is 421 g/mol. The standard InChI is InChI=1S/C16H14ClF3N4O3S/c1-28(26,27)24(12-4-5-14(17)13(7-12)16(18,19)20)10-15(25)23-22-9-11-3-2-6-21-8-11/h2-9H,10H2,1H3,(H,23,25)/b22-9-. The molecule has 1 heterocycles. The van der Waals surface area contributed by atoms with E-state index in [9.17, 15) is 26.4 Å². The molecule has 1 aromatic heterocycles. The summed E-state index contributed by atoms with van der Waals surface area (Å²) >= 11 is 5.54. The van der Waals surface area contributed by atoms with E-state index in [1.165, 1.54) is 12.4 Å². The number of benzene rings is 1. The number of hydrogen-bond donors (Lipinski definition) is 1. The number of anilines is 1. The van der Waals surface area contributed by atoms with Gasteiger partial charge in [0.05, 0.1) is 28.7 Å². The fraction of sp³-hybridized carbons (Fsp3) is 0.188. The van der Waals surface area contributed by atoms with Crippen LogP contribution in [0.1, 0.15) is 11.1 Å². The van der Waals surface area contributed by atoms with Crippen LogP contribution in [-0.2, 0) is 21.0 Å². The van der Waals surface area contributed by atoms with E-state index in [4.69, 9.17) is 11.6 Å². The van der Waals surface area contributed by atoms with Crippen molar-refractivity contribution in [1.82, 2.24) is 10.4 Å². The van der Waals surface area contributed by atoms with Gasteiger partial charge in [0.15, 0.2) is 0 Å². The Morgan fingerprint density at radius 2 is 2.07 bits per heavy atom. The van der Waals surface area contributed by atoms with Gasteiger partial charge in [0.2, 0.25) is 10.0 Å². The quantitative estimate of drug-likeness (QED) is 0.559. The fourth-order valence-electron chi connectivity index (χ4n) is 2.08. The lowest BCUT2D eigenvalue weighted by atomic mass is 10.2. The fourth-order valence-corrected chi connectivity index (χ4v) is 3.16. The van der Waals surface area contributed by atoms with E-state index in [0.29, 0.717) is 15.9 Å². The SMILES string of the molecule is CS(=O)(=O)N(CC(=O)N/N=C\c1cccnc1)c1ccc(Cl)c(C(F)(F)F)c1. The maximum atomic E-state index is 13.0. The minimum absolute atomic E-state index is 0.356. The van der Waals surface area contributed by atoms with E-state index in [1.807, 2.05) is 0 Å². The molecule has 0 radical (unpaired) electrons. The van der Waals surface area contributed by atoms with Crippen molar-refractivity contribution in [3.63, 3.8) is 0 Å². The Hall–Kier alpha value is -2.66. The van der Waals surface area contributed by atoms with E-state index in [0.717, 1.165) is 18.4 Å². The van der Waals surface area contributed by atoms with Gasteiger partial charge in [-0.1, -0.05) is 17.7 Å². The van der Waals surface area contributed by atoms with Crippen LogP contribution in [0, 0.1) is 0 Å². The van der Waals surface area contributed by atoms with Crippen LogP contribution in [0.15, 0.2) is 47.8 Å². The summed E-state index contributed by atoms with van der Waals surface area (Å²) < 4.78 is 63.6. The summed E-state index contributed by atoms with van der Waals surface area (Å²) in [6.45, 7) is -0.776. The number of aromatic nitrogens is 1. The van der Waals surface area contributed by atoms with Gasteiger partial charge in [0.1, 0.15) is 6.54 Å². The third kappa shape index (κ3) is 5.92. The summed E-state index contributed by atoms with van der Waals surface area (Å²) in [5.41, 5.74) is 1.12. The van der Waals surface area contributed by atoms with Crippen LogP contribution in [-0.4, -0.2) is 38.3 Å². The van der Waals surface area contributed by atoms with E-state index < -0.39 is 39.2 Å². The summed E-state index contributed by atoms with van der Waals surface area (Å²) in [7, 11) is -4.07. The minimum atomic E-state index is -4.79. The Kier molecular flexibility index (Phi) is 6.62. The summed E-state index contributed by atoms with van der Waals surface area (Å²) in [6.07, 6.45) is 0.277. The van der Waals surface area contributed by atoms with Crippen LogP contribution < -0.4 is 9.73 Å². The second kappa shape index (κ2) is 8.57. The molecule has 7 nitrogen and oxygen atoms in total. The number of amides is 1. The smallest absolute Gasteiger partial charge is 0.271 e. The Balaban J connectivity index is 2.21. The van der Waals surface area contributed by atoms with Crippen LogP contribution in [0.5, 0.6) is 0 Å². The average molecular weight is 435 g/mol. The van der Waals surface area contributed by atoms with Gasteiger partial charge in [-0.25, -0.2) is 13.8 Å². The van der Waals surface area contributed by atoms with Gasteiger partial charge < -0.3 is 0 Å². The highest BCUT2D eigenvalue weighted by Crippen LogP contribution is 2.37. The third-order valence-corrected chi connectivity index (χ3v) is 4.79. The maximum Gasteiger partial charge on any atom is 0.417 e. The highest BCUT2D eigenvalue weighted by Gasteiger charge is 2.34. The van der Waals surface area contributed by atoms with Crippen molar-refractivity contribution in [1.29, 1.82) is 0 Å². The van der Waals surface area contributed by atoms with Crippen molar-refractivity contribution >= 4 is 39.4 Å². The molecule has 0 aliphatic heterocycles. The molecule has 0 atom stereocenters. The van der Waals surface area contributed by atoms with E-state index in [2.05, 4.69) is 15.5 Å². The molecule has 0 spiro atoms. The molecule has 1 aromatic carbocycles. The van der Waals surface area contributed by atoms with Gasteiger partial charge in [0.25, 0.3) is 5.91 Å². The molecule has 0 aliphatic carbocycles. The first-order valence-corrected chi connectivity index (χ1v) is 9.77. The van der Waals surface area contributed by atoms with Crippen LogP contribution in [0.2, 0.25) is 5.02 Å². The molecule has 0 unspecified atom stereocenters. The van der Waals surface area contributed by atoms with Gasteiger partial charge in [-0.15, -0.1) is 0 Å². The molecule has 2 aromatic rings. The first-order valence-electron chi connectivity index (χ1n) is 7.55. The number of pyridine rings is 1. The molecule has 0 saturated heterocycles. The number of sulfonamides is 1. The van der Waals surface area contributed by atoms with Crippen molar-refractivity contribution in [3.8, 4) is 0 Å². The van der Waals surface area contributed by atoms with Gasteiger partial charge in [-0.3, -0.25) is 14.1 Å². The van der Waals surface area contributed by atoms with E-state index in [-0.39, 0.29) is 5.69 Å². The van der Waals surface area contributed by atoms with Crippen LogP contribution in [0.3, 0.4) is 0 Å². The predicted octanol–water partition coefficient (Wildman–Crippen LogP) is 2.67. The first-order chi connectivity index (χ1) is 13.0. The number of nitrogens with one attached hydrogen (secondary N) is 1. The van der Waals surface area contributed by atoms with Crippen molar-refractivity contribution in [2.45, 2.75) is 6.18 Å². The zero-order chi connectivity index (χ0) is 20.9. The molecule has 1 amide bonds. The molecule has 12 heteroatoms. The van der Waals surface area contributed by atoms with Gasteiger partial charge in [0, 0.05) is 18.0 Å². The maximum absolute atomic E-state index is 13.0. The van der Waals surface area contributed by atoms with Gasteiger partial charge in [-0.05, 0) is 24.3 Å². The Morgan fingerprint density at radius 1 is 1.36 bits per heavy atom. The highest BCUT2D eigenvalue weighted by molar-refractivity contribution is 7.92. The van der Waals surface area contributed by atoms with Gasteiger partial charge >= 0.3 is 6.18 Å². The van der Waals surface area contributed by atoms with Crippen LogP contribution in [0.25, 0.3) is 0 Å². The number of nitrogens with zero attached hydrogens (tertiary/aromatic N) is 3. The number of hydrazone groups is 1. The minimum Gasteiger partial charge on any atom is -0.271 e. The van der Waals surface area contributed by atoms with Crippen molar-refractivity contribution in [3.05, 3.63) is 58.9 Å². The van der Waals surface area contributed by atoms with E-state index >= 15 is 0 Å². The Labute approximate surface area is 163 Å². The summed E-state index contributed by atoms with van der Waals surface area (Å²) in [5, 5.41) is 3.07. The highest BCUT2D eigenvalue weighted by atomic mass is 35.5. The zero-order valence-corrected chi connectivity index (χ0v) is 15.9. The normalized spacial score (nSPS) is 12.2. The molecule has 1 N–H and O–H groups in total. The number of halogens is 4. The second-order valence-corrected chi connectivity index (χ2v) is 7.83. The lowest BCUT2D eigenvalue weighted by Crippen LogP contribution is -2.39. The topological polar surface area (TPSA) is 91.7 Å². The molecular formula is C16H14ClF3N4O3S. The number of carbonyl (C=O) groups excluding carboxylic acids is 1. The monoisotopic (exact) mass is 434 g/mol. The number of hydrogen-bond acceptors (Lipinski definition) is 5. The molecule has 150 valence electrons. The number of rotatable bonds is 6. The molecule has 2 rings (SSSR count). The largest absolute Gasteiger partial charge is 0.417 e. The van der Waals surface area contributed by atoms with Crippen LogP contribution in [0.4, 0.5) is 18.9 Å². The Bertz CT molecular complexity index is 982. The van der Waals surface area contributed by atoms with Gasteiger partial charge in [-0.2, -0.15) is 18.3 Å². The van der Waals surface area contributed by atoms with E-state index in [1.54, 1.807) is 18.3 Å². The summed E-state index contributed by atoms with van der Waals surface area (Å²) in [5.74, 6) is -0.853.